The number of hydrogen-bond acceptors (Lipinski definition) is 2. The Morgan fingerprint density at radius 2 is 1.95 bits per heavy atom. The smallest absolute Gasteiger partial charge is 0.305 e. The molecule has 20 heavy (non-hydrogen) atoms. The zero-order chi connectivity index (χ0) is 15.5. The normalized spacial score (nSPS) is 13.9. The quantitative estimate of drug-likeness (QED) is 0.871. The molecule has 1 aromatic carbocycles. The van der Waals surface area contributed by atoms with E-state index in [4.69, 9.17) is 28.3 Å². The average molecular weight is 318 g/mol. The number of halogens is 2. The average Bonchev–Trinajstić information content (AvgIpc) is 2.30. The fraction of sp³-hybridized carbons (Fsp3) is 0.429. The lowest BCUT2D eigenvalue weighted by atomic mass is 9.85. The van der Waals surface area contributed by atoms with Crippen LogP contribution in [0.3, 0.4) is 0 Å². The summed E-state index contributed by atoms with van der Waals surface area (Å²) in [6, 6.07) is 4.57. The summed E-state index contributed by atoms with van der Waals surface area (Å²) in [6.07, 6.45) is -0.172. The summed E-state index contributed by atoms with van der Waals surface area (Å²) in [6.45, 7) is 5.40. The predicted octanol–water partition coefficient (Wildman–Crippen LogP) is 3.61. The molecule has 2 N–H and O–H groups in total. The maximum absolute atomic E-state index is 12.3. The van der Waals surface area contributed by atoms with Crippen molar-refractivity contribution in [3.05, 3.63) is 33.8 Å². The number of nitrogens with one attached hydrogen (secondary N) is 1. The van der Waals surface area contributed by atoms with Gasteiger partial charge in [-0.2, -0.15) is 0 Å². The lowest BCUT2D eigenvalue weighted by Crippen LogP contribution is -2.51. The lowest BCUT2D eigenvalue weighted by Gasteiger charge is -2.33. The molecule has 0 spiro atoms. The molecular weight excluding hydrogens is 301 g/mol. The minimum Gasteiger partial charge on any atom is -0.481 e. The van der Waals surface area contributed by atoms with E-state index in [0.29, 0.717) is 5.02 Å². The third-order valence-electron chi connectivity index (χ3n) is 3.36. The van der Waals surface area contributed by atoms with Crippen molar-refractivity contribution in [3.63, 3.8) is 0 Å². The molecule has 0 heterocycles. The SMILES string of the molecule is CC(C)C(C)(CC(=O)O)NC(=O)c1cc(Cl)ccc1Cl. The van der Waals surface area contributed by atoms with Crippen molar-refractivity contribution >= 4 is 35.1 Å². The fourth-order valence-corrected chi connectivity index (χ4v) is 2.08. The molecule has 6 heteroatoms. The lowest BCUT2D eigenvalue weighted by molar-refractivity contribution is -0.138. The van der Waals surface area contributed by atoms with Crippen molar-refractivity contribution in [2.75, 3.05) is 0 Å². The first kappa shape index (κ1) is 16.8. The summed E-state index contributed by atoms with van der Waals surface area (Å²) in [5, 5.41) is 12.4. The number of carbonyl (C=O) groups excluding carboxylic acids is 1. The molecule has 1 atom stereocenters. The summed E-state index contributed by atoms with van der Waals surface area (Å²) in [7, 11) is 0. The molecule has 0 aliphatic heterocycles. The highest BCUT2D eigenvalue weighted by Crippen LogP contribution is 2.25. The van der Waals surface area contributed by atoms with E-state index in [1.165, 1.54) is 12.1 Å². The fourth-order valence-electron chi connectivity index (χ4n) is 1.70. The second kappa shape index (κ2) is 6.46. The summed E-state index contributed by atoms with van der Waals surface area (Å²) in [4.78, 5) is 23.2. The van der Waals surface area contributed by atoms with Crippen LogP contribution in [0.2, 0.25) is 10.0 Å². The van der Waals surface area contributed by atoms with Gasteiger partial charge >= 0.3 is 5.97 Å². The molecule has 110 valence electrons. The largest absolute Gasteiger partial charge is 0.481 e. The van der Waals surface area contributed by atoms with Crippen LogP contribution in [0.25, 0.3) is 0 Å². The molecule has 0 radical (unpaired) electrons. The second-order valence-electron chi connectivity index (χ2n) is 5.22. The summed E-state index contributed by atoms with van der Waals surface area (Å²) in [5.74, 6) is -1.46. The monoisotopic (exact) mass is 317 g/mol. The third-order valence-corrected chi connectivity index (χ3v) is 3.93. The summed E-state index contributed by atoms with van der Waals surface area (Å²) >= 11 is 11.8. The zero-order valence-corrected chi connectivity index (χ0v) is 13.0. The first-order valence-electron chi connectivity index (χ1n) is 6.15. The van der Waals surface area contributed by atoms with Gasteiger partial charge in [-0.15, -0.1) is 0 Å². The van der Waals surface area contributed by atoms with Crippen LogP contribution in [0.4, 0.5) is 0 Å². The van der Waals surface area contributed by atoms with Crippen LogP contribution in [-0.2, 0) is 4.79 Å². The Kier molecular flexibility index (Phi) is 5.42. The second-order valence-corrected chi connectivity index (χ2v) is 6.06. The van der Waals surface area contributed by atoms with Gasteiger partial charge in [0.1, 0.15) is 0 Å². The Hall–Kier alpha value is -1.26. The molecule has 0 bridgehead atoms. The van der Waals surface area contributed by atoms with Crippen LogP contribution in [0.15, 0.2) is 18.2 Å². The van der Waals surface area contributed by atoms with Gasteiger partial charge in [0.05, 0.1) is 22.5 Å². The number of carbonyl (C=O) groups is 2. The minimum atomic E-state index is -0.973. The van der Waals surface area contributed by atoms with Gasteiger partial charge in [0.2, 0.25) is 0 Å². The number of rotatable bonds is 5. The highest BCUT2D eigenvalue weighted by Gasteiger charge is 2.33. The molecular formula is C14H17Cl2NO3. The number of carboxylic acid groups (broad SMARTS) is 1. The van der Waals surface area contributed by atoms with E-state index in [0.717, 1.165) is 0 Å². The van der Waals surface area contributed by atoms with Crippen LogP contribution in [0, 0.1) is 5.92 Å². The summed E-state index contributed by atoms with van der Waals surface area (Å²) in [5.41, 5.74) is -0.634. The van der Waals surface area contributed by atoms with E-state index < -0.39 is 17.4 Å². The van der Waals surface area contributed by atoms with Crippen LogP contribution >= 0.6 is 23.2 Å². The van der Waals surface area contributed by atoms with E-state index in [9.17, 15) is 9.59 Å². The highest BCUT2D eigenvalue weighted by molar-refractivity contribution is 6.35. The van der Waals surface area contributed by atoms with Gasteiger partial charge in [0.15, 0.2) is 0 Å². The van der Waals surface area contributed by atoms with E-state index in [-0.39, 0.29) is 22.9 Å². The zero-order valence-electron chi connectivity index (χ0n) is 11.5. The first-order chi connectivity index (χ1) is 9.15. The van der Waals surface area contributed by atoms with Crippen molar-refractivity contribution in [1.29, 1.82) is 0 Å². The van der Waals surface area contributed by atoms with Gasteiger partial charge in [0.25, 0.3) is 5.91 Å². The van der Waals surface area contributed by atoms with E-state index >= 15 is 0 Å². The molecule has 1 aromatic rings. The van der Waals surface area contributed by atoms with Gasteiger partial charge in [-0.3, -0.25) is 9.59 Å². The van der Waals surface area contributed by atoms with Gasteiger partial charge < -0.3 is 10.4 Å². The Morgan fingerprint density at radius 1 is 1.35 bits per heavy atom. The molecule has 0 fully saturated rings. The Bertz CT molecular complexity index is 531. The van der Waals surface area contributed by atoms with Crippen LogP contribution in [-0.4, -0.2) is 22.5 Å². The van der Waals surface area contributed by atoms with E-state index in [1.54, 1.807) is 13.0 Å². The Balaban J connectivity index is 3.02. The topological polar surface area (TPSA) is 66.4 Å². The van der Waals surface area contributed by atoms with Gasteiger partial charge in [-0.1, -0.05) is 37.0 Å². The van der Waals surface area contributed by atoms with Crippen molar-refractivity contribution in [1.82, 2.24) is 5.32 Å². The molecule has 1 unspecified atom stereocenters. The van der Waals surface area contributed by atoms with Crippen molar-refractivity contribution < 1.29 is 14.7 Å². The Morgan fingerprint density at radius 3 is 2.45 bits per heavy atom. The Labute approximate surface area is 128 Å². The predicted molar refractivity (Wildman–Crippen MR) is 79.4 cm³/mol. The maximum atomic E-state index is 12.3. The standard InChI is InChI=1S/C14H17Cl2NO3/c1-8(2)14(3,7-12(18)19)17-13(20)10-6-9(15)4-5-11(10)16/h4-6,8H,7H2,1-3H3,(H,17,20)(H,18,19). The molecule has 0 saturated heterocycles. The van der Waals surface area contributed by atoms with E-state index in [1.807, 2.05) is 13.8 Å². The van der Waals surface area contributed by atoms with Crippen LogP contribution in [0.1, 0.15) is 37.6 Å². The highest BCUT2D eigenvalue weighted by atomic mass is 35.5. The molecule has 1 rings (SSSR count). The van der Waals surface area contributed by atoms with E-state index in [2.05, 4.69) is 5.32 Å². The number of aliphatic carboxylic acids is 1. The number of hydrogen-bond donors (Lipinski definition) is 2. The maximum Gasteiger partial charge on any atom is 0.305 e. The molecule has 4 nitrogen and oxygen atoms in total. The van der Waals surface area contributed by atoms with Crippen molar-refractivity contribution in [2.24, 2.45) is 5.92 Å². The van der Waals surface area contributed by atoms with Gasteiger partial charge in [0, 0.05) is 5.02 Å². The number of amides is 1. The van der Waals surface area contributed by atoms with Crippen LogP contribution in [0.5, 0.6) is 0 Å². The van der Waals surface area contributed by atoms with Gasteiger partial charge in [-0.05, 0) is 31.0 Å². The van der Waals surface area contributed by atoms with Gasteiger partial charge in [-0.25, -0.2) is 0 Å². The number of carboxylic acids is 1. The first-order valence-corrected chi connectivity index (χ1v) is 6.90. The van der Waals surface area contributed by atoms with Crippen molar-refractivity contribution in [3.8, 4) is 0 Å². The third kappa shape index (κ3) is 4.12. The molecule has 1 amide bonds. The summed E-state index contributed by atoms with van der Waals surface area (Å²) < 4.78 is 0. The molecule has 0 aromatic heterocycles. The minimum absolute atomic E-state index is 0.0551. The number of benzene rings is 1. The molecule has 0 aliphatic carbocycles. The van der Waals surface area contributed by atoms with Crippen molar-refractivity contribution in [2.45, 2.75) is 32.7 Å². The molecule has 0 saturated carbocycles. The van der Waals surface area contributed by atoms with Crippen LogP contribution < -0.4 is 5.32 Å². The molecule has 0 aliphatic rings.